The van der Waals surface area contributed by atoms with Crippen LogP contribution in [0.15, 0.2) is 42.9 Å². The molecule has 7 nitrogen and oxygen atoms in total. The lowest BCUT2D eigenvalue weighted by atomic mass is 9.87. The van der Waals surface area contributed by atoms with Gasteiger partial charge in [0.15, 0.2) is 0 Å². The van der Waals surface area contributed by atoms with Crippen LogP contribution in [-0.2, 0) is 11.3 Å². The molecular weight excluding hydrogens is 436 g/mol. The fraction of sp³-hybridized carbons (Fsp3) is 0.393. The van der Waals surface area contributed by atoms with Crippen molar-refractivity contribution in [2.75, 3.05) is 18.4 Å². The van der Waals surface area contributed by atoms with Gasteiger partial charge in [-0.15, -0.1) is 0 Å². The predicted octanol–water partition coefficient (Wildman–Crippen LogP) is 4.93. The average molecular weight is 471 g/mol. The highest BCUT2D eigenvalue weighted by Gasteiger charge is 2.24. The molecule has 0 spiro atoms. The van der Waals surface area contributed by atoms with E-state index in [1.165, 1.54) is 24.0 Å². The molecule has 1 atom stereocenters. The van der Waals surface area contributed by atoms with E-state index >= 15 is 0 Å². The average Bonchev–Trinajstić information content (AvgIpc) is 3.32. The number of carbonyl (C=O) groups is 1. The molecule has 2 aliphatic rings. The number of nitrogens with one attached hydrogen (secondary N) is 3. The molecule has 4 heterocycles. The summed E-state index contributed by atoms with van der Waals surface area (Å²) >= 11 is 0. The van der Waals surface area contributed by atoms with Crippen molar-refractivity contribution in [2.24, 2.45) is 5.92 Å². The van der Waals surface area contributed by atoms with Gasteiger partial charge in [0.2, 0.25) is 0 Å². The fourth-order valence-corrected chi connectivity index (χ4v) is 5.17. The number of carbonyl (C=O) groups excluding carboxylic acids is 1. The lowest BCUT2D eigenvalue weighted by Crippen LogP contribution is -2.26. The summed E-state index contributed by atoms with van der Waals surface area (Å²) in [5.41, 5.74) is 7.32. The zero-order valence-electron chi connectivity index (χ0n) is 20.7. The third-order valence-electron chi connectivity index (χ3n) is 6.87. The SMILES string of the molecule is Cc1cc(Nc2nc(-c3cnn(CC(C)C)c3)cc3c2C(C=O)NC=C3)ccc1C1CCNCC1. The number of rotatable bonds is 7. The molecular formula is C28H34N6O. The molecule has 1 fully saturated rings. The first-order valence-corrected chi connectivity index (χ1v) is 12.6. The van der Waals surface area contributed by atoms with E-state index in [1.807, 2.05) is 35.4 Å². The van der Waals surface area contributed by atoms with Gasteiger partial charge >= 0.3 is 0 Å². The van der Waals surface area contributed by atoms with Crippen molar-refractivity contribution in [3.05, 3.63) is 65.1 Å². The minimum Gasteiger partial charge on any atom is -0.378 e. The van der Waals surface area contributed by atoms with E-state index in [2.05, 4.69) is 60.0 Å². The van der Waals surface area contributed by atoms with Crippen LogP contribution in [-0.4, -0.2) is 34.1 Å². The topological polar surface area (TPSA) is 83.9 Å². The van der Waals surface area contributed by atoms with E-state index < -0.39 is 6.04 Å². The van der Waals surface area contributed by atoms with E-state index in [0.717, 1.165) is 54.0 Å². The molecule has 0 saturated carbocycles. The van der Waals surface area contributed by atoms with Crippen molar-refractivity contribution in [1.82, 2.24) is 25.4 Å². The Morgan fingerprint density at radius 2 is 2.06 bits per heavy atom. The molecule has 2 aliphatic heterocycles. The van der Waals surface area contributed by atoms with E-state index in [9.17, 15) is 4.79 Å². The Balaban J connectivity index is 1.50. The number of hydrogen-bond donors (Lipinski definition) is 3. The van der Waals surface area contributed by atoms with Gasteiger partial charge in [0.1, 0.15) is 18.1 Å². The van der Waals surface area contributed by atoms with Gasteiger partial charge in [-0.2, -0.15) is 5.10 Å². The summed E-state index contributed by atoms with van der Waals surface area (Å²) in [5.74, 6) is 1.81. The lowest BCUT2D eigenvalue weighted by molar-refractivity contribution is -0.109. The molecule has 5 rings (SSSR count). The number of piperidine rings is 1. The van der Waals surface area contributed by atoms with Gasteiger partial charge in [-0.3, -0.25) is 4.68 Å². The minimum absolute atomic E-state index is 0.446. The molecule has 0 amide bonds. The van der Waals surface area contributed by atoms with Gasteiger partial charge in [-0.1, -0.05) is 19.9 Å². The Bertz CT molecular complexity index is 1240. The second-order valence-electron chi connectivity index (χ2n) is 10.0. The molecule has 1 aromatic carbocycles. The molecule has 3 N–H and O–H groups in total. The van der Waals surface area contributed by atoms with E-state index in [1.54, 1.807) is 0 Å². The van der Waals surface area contributed by atoms with Crippen LogP contribution in [0.4, 0.5) is 11.5 Å². The molecule has 1 unspecified atom stereocenters. The summed E-state index contributed by atoms with van der Waals surface area (Å²) in [6.07, 6.45) is 11.0. The maximum absolute atomic E-state index is 11.9. The number of benzene rings is 1. The third kappa shape index (κ3) is 5.00. The maximum atomic E-state index is 11.9. The fourth-order valence-electron chi connectivity index (χ4n) is 5.17. The quantitative estimate of drug-likeness (QED) is 0.425. The zero-order valence-corrected chi connectivity index (χ0v) is 20.7. The van der Waals surface area contributed by atoms with Crippen LogP contribution >= 0.6 is 0 Å². The predicted molar refractivity (Wildman–Crippen MR) is 141 cm³/mol. The maximum Gasteiger partial charge on any atom is 0.146 e. The third-order valence-corrected chi connectivity index (χ3v) is 6.87. The molecule has 35 heavy (non-hydrogen) atoms. The lowest BCUT2D eigenvalue weighted by Gasteiger charge is -2.25. The second kappa shape index (κ2) is 10.0. The number of pyridine rings is 1. The van der Waals surface area contributed by atoms with Gasteiger partial charge in [-0.05, 0) is 91.9 Å². The molecule has 182 valence electrons. The van der Waals surface area contributed by atoms with Crippen LogP contribution < -0.4 is 16.0 Å². The van der Waals surface area contributed by atoms with Crippen molar-refractivity contribution >= 4 is 23.9 Å². The molecule has 2 aromatic heterocycles. The van der Waals surface area contributed by atoms with Crippen molar-refractivity contribution in [3.63, 3.8) is 0 Å². The highest BCUT2D eigenvalue weighted by atomic mass is 16.1. The van der Waals surface area contributed by atoms with Gasteiger partial charge in [0.25, 0.3) is 0 Å². The van der Waals surface area contributed by atoms with E-state index in [4.69, 9.17) is 4.98 Å². The first-order valence-electron chi connectivity index (χ1n) is 12.6. The number of hydrogen-bond acceptors (Lipinski definition) is 6. The summed E-state index contributed by atoms with van der Waals surface area (Å²) in [6, 6.07) is 8.17. The highest BCUT2D eigenvalue weighted by molar-refractivity contribution is 5.80. The van der Waals surface area contributed by atoms with E-state index in [0.29, 0.717) is 17.7 Å². The molecule has 3 aromatic rings. The van der Waals surface area contributed by atoms with Crippen LogP contribution in [0.2, 0.25) is 0 Å². The number of aryl methyl sites for hydroxylation is 1. The van der Waals surface area contributed by atoms with Crippen molar-refractivity contribution in [1.29, 1.82) is 0 Å². The first kappa shape index (κ1) is 23.3. The monoisotopic (exact) mass is 470 g/mol. The number of anilines is 2. The molecule has 0 bridgehead atoms. The Morgan fingerprint density at radius 3 is 2.80 bits per heavy atom. The van der Waals surface area contributed by atoms with E-state index in [-0.39, 0.29) is 0 Å². The Hall–Kier alpha value is -3.45. The summed E-state index contributed by atoms with van der Waals surface area (Å²) < 4.78 is 1.96. The number of fused-ring (bicyclic) bond motifs is 1. The van der Waals surface area contributed by atoms with Gasteiger partial charge in [0, 0.05) is 29.6 Å². The molecule has 7 heteroatoms. The highest BCUT2D eigenvalue weighted by Crippen LogP contribution is 2.35. The standard InChI is InChI=1S/C28H34N6O/c1-18(2)15-34-16-22(14-31-34)25-13-21-8-11-30-26(17-35)27(21)28(33-25)32-23-4-5-24(19(3)12-23)20-6-9-29-10-7-20/h4-5,8,11-14,16-18,20,26,29-30H,6-7,9-10,15H2,1-3H3,(H,32,33). The van der Waals surface area contributed by atoms with Crippen molar-refractivity contribution in [3.8, 4) is 11.3 Å². The van der Waals surface area contributed by atoms with Crippen molar-refractivity contribution < 1.29 is 4.79 Å². The van der Waals surface area contributed by atoms with Crippen LogP contribution in [0.5, 0.6) is 0 Å². The van der Waals surface area contributed by atoms with Crippen molar-refractivity contribution in [2.45, 2.75) is 52.1 Å². The molecule has 1 saturated heterocycles. The normalized spacial score (nSPS) is 17.8. The van der Waals surface area contributed by atoms with Crippen LogP contribution in [0.3, 0.4) is 0 Å². The van der Waals surface area contributed by atoms with Gasteiger partial charge in [0.05, 0.1) is 11.9 Å². The molecule has 0 aliphatic carbocycles. The molecule has 0 radical (unpaired) electrons. The summed E-state index contributed by atoms with van der Waals surface area (Å²) in [4.78, 5) is 16.9. The smallest absolute Gasteiger partial charge is 0.146 e. The Kier molecular flexibility index (Phi) is 6.68. The van der Waals surface area contributed by atoms with Gasteiger partial charge < -0.3 is 20.7 Å². The number of aromatic nitrogens is 3. The Morgan fingerprint density at radius 1 is 1.23 bits per heavy atom. The van der Waals surface area contributed by atoms with Crippen LogP contribution in [0.1, 0.15) is 60.9 Å². The Labute approximate surface area is 207 Å². The van der Waals surface area contributed by atoms with Gasteiger partial charge in [-0.25, -0.2) is 4.98 Å². The second-order valence-corrected chi connectivity index (χ2v) is 10.0. The first-order chi connectivity index (χ1) is 17.0. The summed E-state index contributed by atoms with van der Waals surface area (Å²) in [7, 11) is 0. The summed E-state index contributed by atoms with van der Waals surface area (Å²) in [5, 5.41) is 14.7. The zero-order chi connectivity index (χ0) is 24.4. The van der Waals surface area contributed by atoms with Crippen LogP contribution in [0, 0.1) is 12.8 Å². The summed E-state index contributed by atoms with van der Waals surface area (Å²) in [6.45, 7) is 9.55. The number of nitrogens with zero attached hydrogens (tertiary/aromatic N) is 3. The number of aldehydes is 1. The largest absolute Gasteiger partial charge is 0.378 e. The minimum atomic E-state index is -0.446. The van der Waals surface area contributed by atoms with Crippen LogP contribution in [0.25, 0.3) is 17.3 Å².